The Morgan fingerprint density at radius 3 is 0.626 bits per heavy atom. The molecule has 1 saturated heterocycles. The van der Waals surface area contributed by atoms with Crippen molar-refractivity contribution in [1.82, 2.24) is 0 Å². The van der Waals surface area contributed by atoms with Crippen LogP contribution in [0.25, 0.3) is 0 Å². The number of benzene rings is 6. The van der Waals surface area contributed by atoms with Gasteiger partial charge in [0.25, 0.3) is 0 Å². The van der Waals surface area contributed by atoms with E-state index in [1.165, 1.54) is 0 Å². The predicted molar refractivity (Wildman–Crippen MR) is 387 cm³/mol. The summed E-state index contributed by atoms with van der Waals surface area (Å²) in [6.45, 7) is 54.8. The predicted octanol–water partition coefficient (Wildman–Crippen LogP) is 19.3. The minimum atomic E-state index is -4.82. The first-order valence-corrected chi connectivity index (χ1v) is 34.9. The maximum Gasteiger partial charge on any atom is 0.311 e. The standard InChI is InChI=1S/C71H106N2O5Si.2C6H6/c1-62(2,3)50-37-45(38-51(58(50)75-27)63(4,5)6)70(46-39-52(64(7,8)9)59(76-28)53(40-46)65(10,11)12)33-34-71(79(70,74)73-35-31-49(32-36-73)72(25)26,47-41-54(66(13,14)15)60(77-29)55(42-47)67(16,17)18)48-43-56(68(19,20)21)61(78-30)57(44-48)69(22,23)24;2*1-2-4-6-5-3-1/h31-32,35-44H,33-34H2,1-30H3;2*1-6H. The lowest BCUT2D eigenvalue weighted by Gasteiger charge is -2.53. The topological polar surface area (TPSA) is 67.1 Å². The summed E-state index contributed by atoms with van der Waals surface area (Å²) in [7, 11) is 6.57. The van der Waals surface area contributed by atoms with Crippen LogP contribution >= 0.6 is 0 Å². The minimum Gasteiger partial charge on any atom is -0.803 e. The summed E-state index contributed by atoms with van der Waals surface area (Å²) in [4.78, 5) is 22.5. The number of nitrogens with zero attached hydrogens (tertiary/aromatic N) is 2. The lowest BCUT2D eigenvalue weighted by molar-refractivity contribution is -0.609. The highest BCUT2D eigenvalue weighted by Gasteiger charge is 2.74. The Balaban J connectivity index is 0.000000979. The van der Waals surface area contributed by atoms with Gasteiger partial charge in [-0.05, 0) is 78.4 Å². The van der Waals surface area contributed by atoms with E-state index in [2.05, 4.69) is 262 Å². The zero-order chi connectivity index (χ0) is 68.7. The average molecular weight is 1250 g/mol. The molecule has 8 rings (SSSR count). The number of anilines is 1. The molecule has 6 aromatic carbocycles. The summed E-state index contributed by atoms with van der Waals surface area (Å²) < 4.78 is 28.6. The van der Waals surface area contributed by atoms with Gasteiger partial charge in [-0.2, -0.15) is 0 Å². The third-order valence-corrected chi connectivity index (χ3v) is 23.7. The highest BCUT2D eigenvalue weighted by Crippen LogP contribution is 2.63. The first-order valence-electron chi connectivity index (χ1n) is 33.1. The van der Waals surface area contributed by atoms with Gasteiger partial charge in [0.15, 0.2) is 0 Å². The fourth-order valence-electron chi connectivity index (χ4n) is 13.7. The molecule has 1 aromatic heterocycles. The molecule has 0 spiro atoms. The Hall–Kier alpha value is -6.35. The van der Waals surface area contributed by atoms with E-state index in [1.54, 1.807) is 0 Å². The molecule has 1 aliphatic heterocycles. The first kappa shape index (κ1) is 73.7. The molecule has 0 atom stereocenters. The van der Waals surface area contributed by atoms with Crippen molar-refractivity contribution in [3.8, 4) is 23.0 Å². The number of rotatable bonds is 10. The summed E-state index contributed by atoms with van der Waals surface area (Å²) in [6.07, 6.45) is 5.40. The molecule has 0 saturated carbocycles. The minimum absolute atomic E-state index is 0.364. The van der Waals surface area contributed by atoms with Gasteiger partial charge in [-0.3, -0.25) is 4.23 Å². The van der Waals surface area contributed by atoms with E-state index in [1.807, 2.05) is 101 Å². The maximum absolute atomic E-state index is 20.4. The zero-order valence-electron chi connectivity index (χ0n) is 62.2. The van der Waals surface area contributed by atoms with Crippen molar-refractivity contribution in [2.45, 2.75) is 232 Å². The van der Waals surface area contributed by atoms with Gasteiger partial charge in [0.2, 0.25) is 0 Å². The van der Waals surface area contributed by atoms with Gasteiger partial charge in [-0.1, -0.05) is 287 Å². The second kappa shape index (κ2) is 26.6. The number of methoxy groups -OCH3 is 4. The van der Waals surface area contributed by atoms with Crippen LogP contribution in [-0.4, -0.2) is 51.0 Å². The third-order valence-electron chi connectivity index (χ3n) is 18.7. The summed E-state index contributed by atoms with van der Waals surface area (Å²) in [5, 5.41) is -2.35. The van der Waals surface area contributed by atoms with E-state index in [0.717, 1.165) is 95.4 Å². The number of aromatic nitrogens is 1. The molecule has 0 amide bonds. The second-order valence-corrected chi connectivity index (χ2v) is 37.6. The summed E-state index contributed by atoms with van der Waals surface area (Å²) in [5.74, 6) is 3.52. The molecule has 7 aromatic rings. The highest BCUT2D eigenvalue weighted by atomic mass is 28.4. The molecule has 8 heteroatoms. The lowest BCUT2D eigenvalue weighted by Crippen LogP contribution is -2.89. The fourth-order valence-corrected chi connectivity index (χ4v) is 19.0. The van der Waals surface area contributed by atoms with Gasteiger partial charge in [0.1, 0.15) is 35.4 Å². The van der Waals surface area contributed by atoms with Crippen LogP contribution in [0.1, 0.15) is 246 Å². The molecular weight excluding hydrogens is 1130 g/mol. The summed E-state index contributed by atoms with van der Waals surface area (Å²) in [5.41, 5.74) is 10.9. The number of pyridine rings is 1. The highest BCUT2D eigenvalue weighted by molar-refractivity contribution is 6.71. The summed E-state index contributed by atoms with van der Waals surface area (Å²) in [6, 6.07) is 47.6. The van der Waals surface area contributed by atoms with Crippen LogP contribution in [0.3, 0.4) is 0 Å². The van der Waals surface area contributed by atoms with Gasteiger partial charge in [-0.15, -0.1) is 0 Å². The SMILES string of the molecule is COc1c(C(C)(C)C)cc(C2(c3cc(C(C)(C)C)c(OC)c(C(C)(C)C)c3)CCC(c3cc(C(C)(C)C)c(OC)c(C(C)(C)C)c3)(c3cc(C(C)(C)C)c(OC)c(C(C)(C)C)c3)[Si]2([O-])[n+]2ccc(N(C)C)cc2)cc1C(C)(C)C.c1ccccc1.c1ccccc1. The van der Waals surface area contributed by atoms with E-state index in [-0.39, 0.29) is 43.3 Å². The molecule has 2 heterocycles. The van der Waals surface area contributed by atoms with E-state index in [9.17, 15) is 0 Å². The zero-order valence-corrected chi connectivity index (χ0v) is 63.2. The molecule has 7 nitrogen and oxygen atoms in total. The maximum atomic E-state index is 20.4. The van der Waals surface area contributed by atoms with Crippen molar-refractivity contribution < 1.29 is 28.0 Å². The van der Waals surface area contributed by atoms with Crippen molar-refractivity contribution in [3.05, 3.63) is 213 Å². The van der Waals surface area contributed by atoms with Crippen molar-refractivity contribution in [3.63, 3.8) is 0 Å². The van der Waals surface area contributed by atoms with E-state index in [4.69, 9.17) is 18.9 Å². The van der Waals surface area contributed by atoms with Gasteiger partial charge in [-0.25, -0.2) is 0 Å². The smallest absolute Gasteiger partial charge is 0.311 e. The van der Waals surface area contributed by atoms with Crippen LogP contribution in [0, 0.1) is 0 Å². The van der Waals surface area contributed by atoms with Crippen LogP contribution in [0.5, 0.6) is 23.0 Å². The monoisotopic (exact) mass is 1250 g/mol. The van der Waals surface area contributed by atoms with Crippen LogP contribution < -0.4 is 32.9 Å². The van der Waals surface area contributed by atoms with Gasteiger partial charge in [0, 0.05) is 76.4 Å². The van der Waals surface area contributed by atoms with Gasteiger partial charge >= 0.3 is 8.48 Å². The Labute approximate surface area is 554 Å². The van der Waals surface area contributed by atoms with Crippen molar-refractivity contribution in [1.29, 1.82) is 0 Å². The van der Waals surface area contributed by atoms with Crippen LogP contribution in [0.15, 0.2) is 146 Å². The Kier molecular flexibility index (Phi) is 21.5. The quantitative estimate of drug-likeness (QED) is 0.127. The molecule has 0 unspecified atom stereocenters. The molecule has 494 valence electrons. The molecule has 91 heavy (non-hydrogen) atoms. The summed E-state index contributed by atoms with van der Waals surface area (Å²) >= 11 is 0. The van der Waals surface area contributed by atoms with Crippen molar-refractivity contribution in [2.24, 2.45) is 0 Å². The Morgan fingerprint density at radius 2 is 0.495 bits per heavy atom. The van der Waals surface area contributed by atoms with Crippen molar-refractivity contribution in [2.75, 3.05) is 47.4 Å². The van der Waals surface area contributed by atoms with E-state index in [0.29, 0.717) is 12.8 Å². The van der Waals surface area contributed by atoms with Gasteiger partial charge < -0.3 is 28.6 Å². The van der Waals surface area contributed by atoms with Crippen LogP contribution in [0.2, 0.25) is 0 Å². The van der Waals surface area contributed by atoms with E-state index >= 15 is 4.80 Å². The average Bonchev–Trinajstić information content (AvgIpc) is 1.56. The normalized spacial score (nSPS) is 15.2. The number of hydrogen-bond donors (Lipinski definition) is 0. The Morgan fingerprint density at radius 1 is 0.330 bits per heavy atom. The molecule has 1 aliphatic rings. The van der Waals surface area contributed by atoms with Crippen LogP contribution in [-0.2, 0) is 53.4 Å². The molecule has 0 aliphatic carbocycles. The van der Waals surface area contributed by atoms with Crippen LogP contribution in [0.4, 0.5) is 5.69 Å². The van der Waals surface area contributed by atoms with E-state index < -0.39 is 18.6 Å². The van der Waals surface area contributed by atoms with Gasteiger partial charge in [0.05, 0.1) is 38.5 Å². The number of hydrogen-bond acceptors (Lipinski definition) is 6. The second-order valence-electron chi connectivity index (χ2n) is 34.0. The lowest BCUT2D eigenvalue weighted by atomic mass is 9.71. The Bertz CT molecular complexity index is 3010. The number of ether oxygens (including phenoxy) is 4. The molecular formula is C83H118N2O5Si. The molecule has 0 bridgehead atoms. The third kappa shape index (κ3) is 14.7. The fraction of sp³-hybridized carbons (Fsp3) is 0.506. The first-order chi connectivity index (χ1) is 41.7. The molecule has 0 radical (unpaired) electrons. The molecule has 0 N–H and O–H groups in total. The largest absolute Gasteiger partial charge is 0.803 e. The molecule has 1 fully saturated rings. The van der Waals surface area contributed by atoms with Crippen molar-refractivity contribution >= 4 is 14.2 Å².